The van der Waals surface area contributed by atoms with E-state index in [2.05, 4.69) is 30.9 Å². The minimum absolute atomic E-state index is 0. The molecule has 130 valence electrons. The second kappa shape index (κ2) is 8.81. The highest BCUT2D eigenvalue weighted by Crippen LogP contribution is 2.38. The van der Waals surface area contributed by atoms with Crippen LogP contribution < -0.4 is 14.2 Å². The summed E-state index contributed by atoms with van der Waals surface area (Å²) in [7, 11) is 0. The molecule has 0 spiro atoms. The second-order valence-electron chi connectivity index (χ2n) is 5.55. The molecule has 0 atom stereocenters. The SMILES string of the molecule is CCN(CC)Cc1cc2c(cc1OCc1ccccc1)OCO2.Cl. The Kier molecular flexibility index (Phi) is 6.76. The van der Waals surface area contributed by atoms with E-state index in [0.717, 1.165) is 48.0 Å². The lowest BCUT2D eigenvalue weighted by atomic mass is 10.1. The standard InChI is InChI=1S/C19H23NO3.ClH/c1-3-20(4-2)12-16-10-18-19(23-14-22-18)11-17(16)21-13-15-8-6-5-7-9-15;/h5-11H,3-4,12-14H2,1-2H3;1H. The molecule has 1 aliphatic rings. The van der Waals surface area contributed by atoms with E-state index >= 15 is 0 Å². The highest BCUT2D eigenvalue weighted by atomic mass is 35.5. The third-order valence-corrected chi connectivity index (χ3v) is 4.08. The van der Waals surface area contributed by atoms with Gasteiger partial charge >= 0.3 is 0 Å². The first-order valence-electron chi connectivity index (χ1n) is 8.11. The summed E-state index contributed by atoms with van der Waals surface area (Å²) in [6.45, 7) is 8.01. The third-order valence-electron chi connectivity index (χ3n) is 4.08. The van der Waals surface area contributed by atoms with Gasteiger partial charge in [-0.1, -0.05) is 44.2 Å². The van der Waals surface area contributed by atoms with Crippen molar-refractivity contribution >= 4 is 12.4 Å². The molecule has 0 unspecified atom stereocenters. The molecule has 5 heteroatoms. The van der Waals surface area contributed by atoms with Crippen LogP contribution in [-0.4, -0.2) is 24.8 Å². The van der Waals surface area contributed by atoms with Crippen molar-refractivity contribution in [3.05, 3.63) is 53.6 Å². The van der Waals surface area contributed by atoms with Gasteiger partial charge in [-0.05, 0) is 24.7 Å². The zero-order chi connectivity index (χ0) is 16.1. The molecule has 2 aromatic rings. The number of ether oxygens (including phenoxy) is 3. The minimum atomic E-state index is 0. The molecule has 0 bridgehead atoms. The normalized spacial score (nSPS) is 12.1. The van der Waals surface area contributed by atoms with Crippen molar-refractivity contribution < 1.29 is 14.2 Å². The first-order chi connectivity index (χ1) is 11.3. The number of nitrogens with zero attached hydrogens (tertiary/aromatic N) is 1. The minimum Gasteiger partial charge on any atom is -0.488 e. The topological polar surface area (TPSA) is 30.9 Å². The maximum Gasteiger partial charge on any atom is 0.231 e. The molecule has 2 aromatic carbocycles. The first kappa shape index (κ1) is 18.4. The third kappa shape index (κ3) is 4.34. The zero-order valence-electron chi connectivity index (χ0n) is 14.2. The maximum atomic E-state index is 6.08. The molecule has 0 fully saturated rings. The molecule has 1 heterocycles. The fraction of sp³-hybridized carbons (Fsp3) is 0.368. The summed E-state index contributed by atoms with van der Waals surface area (Å²) in [4.78, 5) is 2.35. The van der Waals surface area contributed by atoms with Gasteiger partial charge in [0.2, 0.25) is 6.79 Å². The number of hydrogen-bond acceptors (Lipinski definition) is 4. The summed E-state index contributed by atoms with van der Waals surface area (Å²) in [5, 5.41) is 0. The van der Waals surface area contributed by atoms with Crippen molar-refractivity contribution in [2.75, 3.05) is 19.9 Å². The predicted molar refractivity (Wildman–Crippen MR) is 97.2 cm³/mol. The van der Waals surface area contributed by atoms with Gasteiger partial charge in [0.05, 0.1) is 0 Å². The van der Waals surface area contributed by atoms with Crippen LogP contribution in [-0.2, 0) is 13.2 Å². The van der Waals surface area contributed by atoms with Gasteiger partial charge in [-0.25, -0.2) is 0 Å². The van der Waals surface area contributed by atoms with Gasteiger partial charge in [-0.15, -0.1) is 12.4 Å². The van der Waals surface area contributed by atoms with Crippen LogP contribution in [0.1, 0.15) is 25.0 Å². The number of benzene rings is 2. The summed E-state index contributed by atoms with van der Waals surface area (Å²) in [5.41, 5.74) is 2.29. The zero-order valence-corrected chi connectivity index (χ0v) is 15.0. The average Bonchev–Trinajstić information content (AvgIpc) is 3.05. The number of fused-ring (bicyclic) bond motifs is 1. The maximum absolute atomic E-state index is 6.08. The number of hydrogen-bond donors (Lipinski definition) is 0. The van der Waals surface area contributed by atoms with E-state index in [1.165, 1.54) is 0 Å². The Labute approximate surface area is 149 Å². The van der Waals surface area contributed by atoms with Crippen molar-refractivity contribution in [1.82, 2.24) is 4.90 Å². The largest absolute Gasteiger partial charge is 0.488 e. The van der Waals surface area contributed by atoms with Crippen LogP contribution in [0, 0.1) is 0 Å². The van der Waals surface area contributed by atoms with Gasteiger partial charge in [0.15, 0.2) is 11.5 Å². The van der Waals surface area contributed by atoms with E-state index in [0.29, 0.717) is 6.61 Å². The Balaban J connectivity index is 0.00000208. The monoisotopic (exact) mass is 349 g/mol. The van der Waals surface area contributed by atoms with Gasteiger partial charge in [0.25, 0.3) is 0 Å². The summed E-state index contributed by atoms with van der Waals surface area (Å²) < 4.78 is 17.1. The molecule has 0 aliphatic carbocycles. The van der Waals surface area contributed by atoms with E-state index < -0.39 is 0 Å². The molecule has 0 saturated carbocycles. The number of rotatable bonds is 7. The highest BCUT2D eigenvalue weighted by Gasteiger charge is 2.19. The first-order valence-corrected chi connectivity index (χ1v) is 8.11. The Morgan fingerprint density at radius 3 is 2.33 bits per heavy atom. The van der Waals surface area contributed by atoms with Crippen molar-refractivity contribution in [3.8, 4) is 17.2 Å². The Hall–Kier alpha value is -1.91. The molecular weight excluding hydrogens is 326 g/mol. The second-order valence-corrected chi connectivity index (χ2v) is 5.55. The number of halogens is 1. The van der Waals surface area contributed by atoms with E-state index in [9.17, 15) is 0 Å². The molecule has 0 radical (unpaired) electrons. The van der Waals surface area contributed by atoms with Crippen molar-refractivity contribution in [1.29, 1.82) is 0 Å². The van der Waals surface area contributed by atoms with E-state index in [1.54, 1.807) is 0 Å². The molecule has 4 nitrogen and oxygen atoms in total. The van der Waals surface area contributed by atoms with E-state index in [1.807, 2.05) is 30.3 Å². The van der Waals surface area contributed by atoms with Gasteiger partial charge < -0.3 is 14.2 Å². The Bertz CT molecular complexity index is 645. The lowest BCUT2D eigenvalue weighted by molar-refractivity contribution is 0.173. The van der Waals surface area contributed by atoms with Crippen molar-refractivity contribution in [2.24, 2.45) is 0 Å². The van der Waals surface area contributed by atoms with E-state index in [4.69, 9.17) is 14.2 Å². The van der Waals surface area contributed by atoms with Gasteiger partial charge in [-0.2, -0.15) is 0 Å². The smallest absolute Gasteiger partial charge is 0.231 e. The molecule has 3 rings (SSSR count). The molecule has 1 aliphatic heterocycles. The Morgan fingerprint density at radius 1 is 1.00 bits per heavy atom. The molecule has 0 amide bonds. The summed E-state index contributed by atoms with van der Waals surface area (Å²) in [6, 6.07) is 14.2. The van der Waals surface area contributed by atoms with Crippen molar-refractivity contribution in [3.63, 3.8) is 0 Å². The van der Waals surface area contributed by atoms with Crippen LogP contribution in [0.4, 0.5) is 0 Å². The molecule has 0 N–H and O–H groups in total. The van der Waals surface area contributed by atoms with Crippen molar-refractivity contribution in [2.45, 2.75) is 27.0 Å². The van der Waals surface area contributed by atoms with E-state index in [-0.39, 0.29) is 19.2 Å². The van der Waals surface area contributed by atoms with Gasteiger partial charge in [-0.3, -0.25) is 4.90 Å². The highest BCUT2D eigenvalue weighted by molar-refractivity contribution is 5.85. The lowest BCUT2D eigenvalue weighted by Crippen LogP contribution is -2.22. The molecule has 24 heavy (non-hydrogen) atoms. The average molecular weight is 350 g/mol. The molecule has 0 aromatic heterocycles. The van der Waals surface area contributed by atoms with Crippen LogP contribution in [0.5, 0.6) is 17.2 Å². The van der Waals surface area contributed by atoms with Crippen LogP contribution in [0.3, 0.4) is 0 Å². The van der Waals surface area contributed by atoms with Crippen LogP contribution in [0.2, 0.25) is 0 Å². The van der Waals surface area contributed by atoms with Gasteiger partial charge in [0.1, 0.15) is 12.4 Å². The Morgan fingerprint density at radius 2 is 1.67 bits per heavy atom. The summed E-state index contributed by atoms with van der Waals surface area (Å²) >= 11 is 0. The summed E-state index contributed by atoms with van der Waals surface area (Å²) in [6.07, 6.45) is 0. The fourth-order valence-corrected chi connectivity index (χ4v) is 2.65. The molecule has 0 saturated heterocycles. The summed E-state index contributed by atoms with van der Waals surface area (Å²) in [5.74, 6) is 2.43. The fourth-order valence-electron chi connectivity index (χ4n) is 2.65. The predicted octanol–water partition coefficient (Wildman–Crippen LogP) is 4.26. The lowest BCUT2D eigenvalue weighted by Gasteiger charge is -2.20. The van der Waals surface area contributed by atoms with Gasteiger partial charge in [0, 0.05) is 18.2 Å². The van der Waals surface area contributed by atoms with Crippen LogP contribution in [0.15, 0.2) is 42.5 Å². The van der Waals surface area contributed by atoms with Crippen LogP contribution >= 0.6 is 12.4 Å². The quantitative estimate of drug-likeness (QED) is 0.747. The van der Waals surface area contributed by atoms with Crippen LogP contribution in [0.25, 0.3) is 0 Å². The molecular formula is C19H24ClNO3.